The van der Waals surface area contributed by atoms with Gasteiger partial charge in [0.25, 0.3) is 5.91 Å². The Bertz CT molecular complexity index is 662. The molecule has 6 heteroatoms. The first-order valence-corrected chi connectivity index (χ1v) is 8.43. The molecule has 5 nitrogen and oxygen atoms in total. The zero-order valence-electron chi connectivity index (χ0n) is 13.1. The smallest absolute Gasteiger partial charge is 0.255 e. The number of carbonyl (C=O) groups is 1. The number of nitrogens with one attached hydrogen (secondary N) is 1. The Morgan fingerprint density at radius 3 is 3.00 bits per heavy atom. The quantitative estimate of drug-likeness (QED) is 0.945. The molecule has 0 bridgehead atoms. The van der Waals surface area contributed by atoms with Crippen LogP contribution in [0.1, 0.15) is 52.6 Å². The van der Waals surface area contributed by atoms with Crippen LogP contribution in [-0.2, 0) is 4.74 Å². The molecule has 1 aliphatic rings. The van der Waals surface area contributed by atoms with E-state index in [9.17, 15) is 4.79 Å². The lowest BCUT2D eigenvalue weighted by atomic mass is 10.1. The molecule has 0 spiro atoms. The number of hydrogen-bond donors (Lipinski definition) is 1. The van der Waals surface area contributed by atoms with Crippen LogP contribution in [0.15, 0.2) is 17.6 Å². The van der Waals surface area contributed by atoms with E-state index < -0.39 is 0 Å². The van der Waals surface area contributed by atoms with E-state index in [1.54, 1.807) is 17.5 Å². The van der Waals surface area contributed by atoms with Gasteiger partial charge < -0.3 is 14.6 Å². The van der Waals surface area contributed by atoms with E-state index in [0.717, 1.165) is 17.1 Å². The summed E-state index contributed by atoms with van der Waals surface area (Å²) in [6, 6.07) is 1.87. The van der Waals surface area contributed by atoms with Gasteiger partial charge in [-0.3, -0.25) is 4.79 Å². The van der Waals surface area contributed by atoms with Crippen molar-refractivity contribution in [3.63, 3.8) is 0 Å². The molecule has 0 saturated carbocycles. The summed E-state index contributed by atoms with van der Waals surface area (Å²) >= 11 is 1.65. The molecule has 118 valence electrons. The molecule has 1 N–H and O–H groups in total. The van der Waals surface area contributed by atoms with Gasteiger partial charge in [0, 0.05) is 28.7 Å². The summed E-state index contributed by atoms with van der Waals surface area (Å²) in [5, 5.41) is 1.96. The molecule has 22 heavy (non-hydrogen) atoms. The number of aromatic amines is 1. The number of H-pyrrole nitrogens is 1. The number of morpholine rings is 1. The first-order valence-electron chi connectivity index (χ1n) is 7.55. The molecule has 1 saturated heterocycles. The van der Waals surface area contributed by atoms with Crippen molar-refractivity contribution < 1.29 is 9.53 Å². The van der Waals surface area contributed by atoms with Gasteiger partial charge in [-0.05, 0) is 18.9 Å². The molecule has 0 aliphatic carbocycles. The summed E-state index contributed by atoms with van der Waals surface area (Å²) < 4.78 is 5.55. The number of ether oxygens (including phenoxy) is 1. The van der Waals surface area contributed by atoms with E-state index in [1.807, 2.05) is 23.3 Å². The van der Waals surface area contributed by atoms with Crippen LogP contribution >= 0.6 is 11.3 Å². The Kier molecular flexibility index (Phi) is 4.31. The predicted molar refractivity (Wildman–Crippen MR) is 86.3 cm³/mol. The van der Waals surface area contributed by atoms with Crippen LogP contribution in [0.5, 0.6) is 0 Å². The molecule has 0 radical (unpaired) electrons. The summed E-state index contributed by atoms with van der Waals surface area (Å²) in [4.78, 5) is 23.6. The molecular weight excluding hydrogens is 298 g/mol. The van der Waals surface area contributed by atoms with Crippen LogP contribution in [-0.4, -0.2) is 40.5 Å². The minimum Gasteiger partial charge on any atom is -0.377 e. The zero-order chi connectivity index (χ0) is 15.7. The standard InChI is InChI=1S/C16H21N3O2S/c1-10(2)14-6-12(9-22-14)16(20)19-4-5-21-8-13(19)15-17-7-11(3)18-15/h6-7,9-10,13H,4-5,8H2,1-3H3,(H,17,18)/t13-/m1/s1. The van der Waals surface area contributed by atoms with Crippen molar-refractivity contribution in [3.05, 3.63) is 39.6 Å². The molecule has 1 fully saturated rings. The highest BCUT2D eigenvalue weighted by atomic mass is 32.1. The van der Waals surface area contributed by atoms with Crippen molar-refractivity contribution in [1.82, 2.24) is 14.9 Å². The Morgan fingerprint density at radius 1 is 1.55 bits per heavy atom. The Balaban J connectivity index is 1.84. The molecule has 3 heterocycles. The summed E-state index contributed by atoms with van der Waals surface area (Å²) in [6.45, 7) is 7.89. The maximum absolute atomic E-state index is 12.9. The minimum atomic E-state index is -0.141. The van der Waals surface area contributed by atoms with E-state index in [2.05, 4.69) is 23.8 Å². The van der Waals surface area contributed by atoms with E-state index in [0.29, 0.717) is 25.7 Å². The van der Waals surface area contributed by atoms with Crippen LogP contribution < -0.4 is 0 Å². The normalized spacial score (nSPS) is 18.9. The second-order valence-corrected chi connectivity index (χ2v) is 6.88. The second kappa shape index (κ2) is 6.22. The number of rotatable bonds is 3. The topological polar surface area (TPSA) is 58.2 Å². The lowest BCUT2D eigenvalue weighted by molar-refractivity contribution is -0.00498. The Hall–Kier alpha value is -1.66. The van der Waals surface area contributed by atoms with Gasteiger partial charge in [-0.2, -0.15) is 0 Å². The van der Waals surface area contributed by atoms with E-state index in [4.69, 9.17) is 4.74 Å². The average Bonchev–Trinajstić information content (AvgIpc) is 3.15. The maximum Gasteiger partial charge on any atom is 0.255 e. The summed E-state index contributed by atoms with van der Waals surface area (Å²) in [6.07, 6.45) is 1.79. The largest absolute Gasteiger partial charge is 0.377 e. The van der Waals surface area contributed by atoms with Gasteiger partial charge in [0.2, 0.25) is 0 Å². The van der Waals surface area contributed by atoms with Crippen molar-refractivity contribution >= 4 is 17.2 Å². The minimum absolute atomic E-state index is 0.0607. The number of imidazole rings is 1. The molecular formula is C16H21N3O2S. The highest BCUT2D eigenvalue weighted by molar-refractivity contribution is 7.10. The fraction of sp³-hybridized carbons (Fsp3) is 0.500. The van der Waals surface area contributed by atoms with Crippen LogP contribution in [0.2, 0.25) is 0 Å². The third-order valence-electron chi connectivity index (χ3n) is 3.86. The van der Waals surface area contributed by atoms with Gasteiger partial charge in [-0.25, -0.2) is 4.98 Å². The highest BCUT2D eigenvalue weighted by Crippen LogP contribution is 2.28. The third kappa shape index (κ3) is 2.94. The molecule has 1 atom stereocenters. The number of aryl methyl sites for hydroxylation is 1. The van der Waals surface area contributed by atoms with Gasteiger partial charge >= 0.3 is 0 Å². The monoisotopic (exact) mass is 319 g/mol. The number of aromatic nitrogens is 2. The highest BCUT2D eigenvalue weighted by Gasteiger charge is 2.31. The summed E-state index contributed by atoms with van der Waals surface area (Å²) in [7, 11) is 0. The lowest BCUT2D eigenvalue weighted by Gasteiger charge is -2.34. The second-order valence-electron chi connectivity index (χ2n) is 5.93. The first-order chi connectivity index (χ1) is 10.6. The van der Waals surface area contributed by atoms with E-state index in [-0.39, 0.29) is 11.9 Å². The van der Waals surface area contributed by atoms with Crippen molar-refractivity contribution in [3.8, 4) is 0 Å². The van der Waals surface area contributed by atoms with Gasteiger partial charge in [0.1, 0.15) is 11.9 Å². The van der Waals surface area contributed by atoms with Crippen molar-refractivity contribution in [2.75, 3.05) is 19.8 Å². The summed E-state index contributed by atoms with van der Waals surface area (Å²) in [5.74, 6) is 1.30. The molecule has 0 unspecified atom stereocenters. The van der Waals surface area contributed by atoms with Crippen molar-refractivity contribution in [2.24, 2.45) is 0 Å². The third-order valence-corrected chi connectivity index (χ3v) is 5.10. The van der Waals surface area contributed by atoms with Gasteiger partial charge in [0.15, 0.2) is 0 Å². The van der Waals surface area contributed by atoms with Crippen LogP contribution in [0, 0.1) is 6.92 Å². The SMILES string of the molecule is Cc1cnc([C@H]2COCCN2C(=O)c2csc(C(C)C)c2)[nH]1. The van der Waals surface area contributed by atoms with Crippen molar-refractivity contribution in [2.45, 2.75) is 32.7 Å². The average molecular weight is 319 g/mol. The number of thiophene rings is 1. The Labute approximate surface area is 134 Å². The first kappa shape index (κ1) is 15.2. The number of nitrogens with zero attached hydrogens (tertiary/aromatic N) is 2. The molecule has 1 amide bonds. The van der Waals surface area contributed by atoms with Crippen molar-refractivity contribution in [1.29, 1.82) is 0 Å². The van der Waals surface area contributed by atoms with Gasteiger partial charge in [0.05, 0.1) is 18.8 Å². The molecule has 1 aliphatic heterocycles. The molecule has 2 aromatic heterocycles. The number of amides is 1. The Morgan fingerprint density at radius 2 is 2.36 bits per heavy atom. The fourth-order valence-corrected chi connectivity index (χ4v) is 3.51. The van der Waals surface area contributed by atoms with Crippen LogP contribution in [0.3, 0.4) is 0 Å². The lowest BCUT2D eigenvalue weighted by Crippen LogP contribution is -2.43. The van der Waals surface area contributed by atoms with Crippen LogP contribution in [0.25, 0.3) is 0 Å². The zero-order valence-corrected chi connectivity index (χ0v) is 13.9. The van der Waals surface area contributed by atoms with Gasteiger partial charge in [-0.1, -0.05) is 13.8 Å². The molecule has 2 aromatic rings. The number of carbonyl (C=O) groups excluding carboxylic acids is 1. The van der Waals surface area contributed by atoms with E-state index >= 15 is 0 Å². The van der Waals surface area contributed by atoms with Crippen LogP contribution in [0.4, 0.5) is 0 Å². The number of hydrogen-bond acceptors (Lipinski definition) is 4. The maximum atomic E-state index is 12.9. The van der Waals surface area contributed by atoms with Gasteiger partial charge in [-0.15, -0.1) is 11.3 Å². The van der Waals surface area contributed by atoms with E-state index in [1.165, 1.54) is 4.88 Å². The molecule has 0 aromatic carbocycles. The molecule has 3 rings (SSSR count). The summed E-state index contributed by atoms with van der Waals surface area (Å²) in [5.41, 5.74) is 1.76. The fourth-order valence-electron chi connectivity index (χ4n) is 2.61. The predicted octanol–water partition coefficient (Wildman–Crippen LogP) is 3.12.